The van der Waals surface area contributed by atoms with Gasteiger partial charge in [-0.1, -0.05) is 0 Å². The maximum absolute atomic E-state index is 4.31. The molecule has 2 N–H and O–H groups in total. The van der Waals surface area contributed by atoms with E-state index in [-0.39, 0.29) is 0 Å². The van der Waals surface area contributed by atoms with Gasteiger partial charge in [0.15, 0.2) is 5.82 Å². The first-order valence-corrected chi connectivity index (χ1v) is 6.52. The number of nitrogens with zero attached hydrogens (tertiary/aromatic N) is 4. The maximum atomic E-state index is 4.31. The van der Waals surface area contributed by atoms with Gasteiger partial charge >= 0.3 is 0 Å². The van der Waals surface area contributed by atoms with Crippen LogP contribution in [-0.4, -0.2) is 39.2 Å². The van der Waals surface area contributed by atoms with E-state index in [1.54, 1.807) is 12.5 Å². The van der Waals surface area contributed by atoms with Crippen molar-refractivity contribution >= 4 is 11.5 Å². The summed E-state index contributed by atoms with van der Waals surface area (Å²) in [7, 11) is 0. The lowest BCUT2D eigenvalue weighted by molar-refractivity contribution is 0.364. The van der Waals surface area contributed by atoms with Gasteiger partial charge in [0, 0.05) is 18.9 Å². The molecule has 0 bridgehead atoms. The topological polar surface area (TPSA) is 67.1 Å². The van der Waals surface area contributed by atoms with Crippen molar-refractivity contribution in [3.63, 3.8) is 0 Å². The minimum Gasteiger partial charge on any atom is -0.367 e. The highest BCUT2D eigenvalue weighted by atomic mass is 15.2. The van der Waals surface area contributed by atoms with Crippen LogP contribution in [0.1, 0.15) is 19.3 Å². The van der Waals surface area contributed by atoms with Crippen LogP contribution in [0.5, 0.6) is 0 Å². The molecule has 1 atom stereocenters. The molecule has 96 valence electrons. The van der Waals surface area contributed by atoms with Crippen molar-refractivity contribution in [3.8, 4) is 0 Å². The minimum absolute atomic E-state index is 0.781. The third kappa shape index (κ3) is 2.43. The van der Waals surface area contributed by atoms with Crippen molar-refractivity contribution in [2.45, 2.75) is 19.3 Å². The molecule has 18 heavy (non-hydrogen) atoms. The molecule has 6 nitrogen and oxygen atoms in total. The monoisotopic (exact) mass is 246 g/mol. The summed E-state index contributed by atoms with van der Waals surface area (Å²) < 4.78 is 1.87. The molecular formula is C12H18N6. The molecule has 1 aliphatic rings. The number of nitrogens with one attached hydrogen (secondary N) is 2. The second-order valence-corrected chi connectivity index (χ2v) is 4.77. The summed E-state index contributed by atoms with van der Waals surface area (Å²) in [4.78, 5) is 4.31. The van der Waals surface area contributed by atoms with Gasteiger partial charge in [0.1, 0.15) is 6.33 Å². The Morgan fingerprint density at radius 1 is 1.50 bits per heavy atom. The van der Waals surface area contributed by atoms with Crippen molar-refractivity contribution < 1.29 is 0 Å². The van der Waals surface area contributed by atoms with Crippen LogP contribution in [0, 0.1) is 5.92 Å². The van der Waals surface area contributed by atoms with Crippen LogP contribution in [0.2, 0.25) is 0 Å². The summed E-state index contributed by atoms with van der Waals surface area (Å²) in [5.41, 5.74) is 0.791. The second kappa shape index (κ2) is 5.30. The zero-order valence-electron chi connectivity index (χ0n) is 10.3. The predicted molar refractivity (Wildman–Crippen MR) is 69.5 cm³/mol. The van der Waals surface area contributed by atoms with E-state index in [1.165, 1.54) is 25.8 Å². The van der Waals surface area contributed by atoms with E-state index in [0.29, 0.717) is 0 Å². The Kier molecular flexibility index (Phi) is 3.36. The highest BCUT2D eigenvalue weighted by Crippen LogP contribution is 2.15. The van der Waals surface area contributed by atoms with E-state index in [2.05, 4.69) is 25.8 Å². The molecule has 0 amide bonds. The Labute approximate surface area is 106 Å². The van der Waals surface area contributed by atoms with Gasteiger partial charge in [0.25, 0.3) is 0 Å². The first-order valence-electron chi connectivity index (χ1n) is 6.52. The van der Waals surface area contributed by atoms with Crippen molar-refractivity contribution in [2.75, 3.05) is 25.0 Å². The van der Waals surface area contributed by atoms with Gasteiger partial charge in [-0.2, -0.15) is 0 Å². The normalized spacial score (nSPS) is 20.1. The first-order chi connectivity index (χ1) is 8.93. The molecule has 1 saturated heterocycles. The highest BCUT2D eigenvalue weighted by Gasteiger charge is 2.12. The summed E-state index contributed by atoms with van der Waals surface area (Å²) in [5.74, 6) is 1.60. The second-order valence-electron chi connectivity index (χ2n) is 4.77. The standard InChI is InChI=1S/C12H18N6/c1-2-10(8-13-4-1)3-5-14-11-12-17-16-9-18(12)7-6-15-11/h6-7,9-10,13H,1-5,8H2,(H,14,15). The van der Waals surface area contributed by atoms with Crippen LogP contribution in [0.4, 0.5) is 5.82 Å². The van der Waals surface area contributed by atoms with E-state index in [1.807, 2.05) is 10.6 Å². The minimum atomic E-state index is 0.781. The number of rotatable bonds is 4. The molecule has 3 rings (SSSR count). The quantitative estimate of drug-likeness (QED) is 0.840. The molecule has 6 heteroatoms. The van der Waals surface area contributed by atoms with E-state index < -0.39 is 0 Å². The fourth-order valence-electron chi connectivity index (χ4n) is 2.45. The number of anilines is 1. The lowest BCUT2D eigenvalue weighted by atomic mass is 9.96. The molecule has 2 aromatic heterocycles. The molecule has 0 saturated carbocycles. The molecule has 0 aromatic carbocycles. The highest BCUT2D eigenvalue weighted by molar-refractivity contribution is 5.61. The van der Waals surface area contributed by atoms with Crippen LogP contribution >= 0.6 is 0 Å². The fraction of sp³-hybridized carbons (Fsp3) is 0.583. The Hall–Kier alpha value is -1.69. The number of hydrogen-bond acceptors (Lipinski definition) is 5. The molecule has 0 aliphatic carbocycles. The van der Waals surface area contributed by atoms with E-state index in [9.17, 15) is 0 Å². The third-order valence-corrected chi connectivity index (χ3v) is 3.46. The zero-order valence-corrected chi connectivity index (χ0v) is 10.3. The average Bonchev–Trinajstić information content (AvgIpc) is 2.89. The van der Waals surface area contributed by atoms with E-state index in [0.717, 1.165) is 30.5 Å². The van der Waals surface area contributed by atoms with E-state index in [4.69, 9.17) is 0 Å². The molecular weight excluding hydrogens is 228 g/mol. The van der Waals surface area contributed by atoms with Crippen LogP contribution in [0.15, 0.2) is 18.7 Å². The van der Waals surface area contributed by atoms with Gasteiger partial charge in [0.2, 0.25) is 5.65 Å². The molecule has 1 unspecified atom stereocenters. The lowest BCUT2D eigenvalue weighted by Gasteiger charge is -2.22. The summed E-state index contributed by atoms with van der Waals surface area (Å²) >= 11 is 0. The molecule has 1 fully saturated rings. The van der Waals surface area contributed by atoms with E-state index >= 15 is 0 Å². The van der Waals surface area contributed by atoms with Crippen molar-refractivity contribution in [3.05, 3.63) is 18.7 Å². The number of piperidine rings is 1. The van der Waals surface area contributed by atoms with Gasteiger partial charge in [-0.15, -0.1) is 10.2 Å². The average molecular weight is 246 g/mol. The van der Waals surface area contributed by atoms with Crippen LogP contribution in [0.3, 0.4) is 0 Å². The number of aromatic nitrogens is 4. The molecule has 0 spiro atoms. The summed E-state index contributed by atoms with van der Waals surface area (Å²) in [6.45, 7) is 3.25. The smallest absolute Gasteiger partial charge is 0.203 e. The van der Waals surface area contributed by atoms with Crippen LogP contribution in [0.25, 0.3) is 5.65 Å². The predicted octanol–water partition coefficient (Wildman–Crippen LogP) is 0.926. The van der Waals surface area contributed by atoms with Gasteiger partial charge in [0.05, 0.1) is 0 Å². The zero-order chi connectivity index (χ0) is 12.2. The number of fused-ring (bicyclic) bond motifs is 1. The Morgan fingerprint density at radius 3 is 3.39 bits per heavy atom. The fourth-order valence-corrected chi connectivity index (χ4v) is 2.45. The Morgan fingerprint density at radius 2 is 2.50 bits per heavy atom. The Bertz CT molecular complexity index is 502. The van der Waals surface area contributed by atoms with Crippen molar-refractivity contribution in [1.29, 1.82) is 0 Å². The molecule has 0 radical (unpaired) electrons. The largest absolute Gasteiger partial charge is 0.367 e. The maximum Gasteiger partial charge on any atom is 0.203 e. The third-order valence-electron chi connectivity index (χ3n) is 3.46. The van der Waals surface area contributed by atoms with Gasteiger partial charge < -0.3 is 10.6 Å². The Balaban J connectivity index is 1.57. The first kappa shape index (κ1) is 11.4. The van der Waals surface area contributed by atoms with Crippen molar-refractivity contribution in [1.82, 2.24) is 24.9 Å². The molecule has 3 heterocycles. The molecule has 2 aromatic rings. The summed E-state index contributed by atoms with van der Waals surface area (Å²) in [6, 6.07) is 0. The van der Waals surface area contributed by atoms with Crippen molar-refractivity contribution in [2.24, 2.45) is 5.92 Å². The summed E-state index contributed by atoms with van der Waals surface area (Å²) in [6.07, 6.45) is 9.10. The van der Waals surface area contributed by atoms with Gasteiger partial charge in [-0.25, -0.2) is 4.98 Å². The lowest BCUT2D eigenvalue weighted by Crippen LogP contribution is -2.30. The summed E-state index contributed by atoms with van der Waals surface area (Å²) in [5, 5.41) is 14.7. The van der Waals surface area contributed by atoms with Gasteiger partial charge in [-0.3, -0.25) is 4.40 Å². The SMILES string of the molecule is c1cn2cnnc2c(NCCC2CCCNC2)n1. The van der Waals surface area contributed by atoms with Crippen LogP contribution < -0.4 is 10.6 Å². The molecule has 1 aliphatic heterocycles. The number of hydrogen-bond donors (Lipinski definition) is 2. The van der Waals surface area contributed by atoms with Gasteiger partial charge in [-0.05, 0) is 38.3 Å². The van der Waals surface area contributed by atoms with Crippen LogP contribution in [-0.2, 0) is 0 Å².